The number of rotatable bonds is 3. The first-order chi connectivity index (χ1) is 8.78. The van der Waals surface area contributed by atoms with Crippen molar-refractivity contribution in [1.82, 2.24) is 5.32 Å². The van der Waals surface area contributed by atoms with Crippen molar-refractivity contribution in [2.45, 2.75) is 39.4 Å². The zero-order chi connectivity index (χ0) is 14.5. The van der Waals surface area contributed by atoms with Crippen LogP contribution in [0.15, 0.2) is 36.0 Å². The average molecular weight is 263 g/mol. The molecule has 1 aromatic rings. The lowest BCUT2D eigenvalue weighted by atomic mass is 10.1. The molecule has 0 aromatic heterocycles. The van der Waals surface area contributed by atoms with Crippen LogP contribution in [0.5, 0.6) is 0 Å². The van der Waals surface area contributed by atoms with Gasteiger partial charge in [-0.05, 0) is 39.3 Å². The fraction of sp³-hybridized carbons (Fsp3) is 0.400. The van der Waals surface area contributed by atoms with E-state index in [2.05, 4.69) is 5.32 Å². The summed E-state index contributed by atoms with van der Waals surface area (Å²) in [6.07, 6.45) is 0.359. The van der Waals surface area contributed by atoms with Crippen molar-refractivity contribution in [2.24, 2.45) is 0 Å². The van der Waals surface area contributed by atoms with Gasteiger partial charge in [-0.25, -0.2) is 4.79 Å². The van der Waals surface area contributed by atoms with Crippen LogP contribution in [-0.4, -0.2) is 22.9 Å². The van der Waals surface area contributed by atoms with Gasteiger partial charge in [-0.15, -0.1) is 0 Å². The fourth-order valence-corrected chi connectivity index (χ4v) is 1.41. The number of carbonyl (C=O) groups excluding carboxylic acids is 1. The molecule has 104 valence electrons. The van der Waals surface area contributed by atoms with Crippen LogP contribution in [0, 0.1) is 0 Å². The topological polar surface area (TPSA) is 58.6 Å². The van der Waals surface area contributed by atoms with E-state index in [-0.39, 0.29) is 0 Å². The molecule has 0 aliphatic rings. The molecule has 0 saturated carbocycles. The highest BCUT2D eigenvalue weighted by Crippen LogP contribution is 2.11. The summed E-state index contributed by atoms with van der Waals surface area (Å²) in [4.78, 5) is 11.7. The first kappa shape index (κ1) is 15.2. The van der Waals surface area contributed by atoms with Crippen LogP contribution >= 0.6 is 0 Å². The van der Waals surface area contributed by atoms with Crippen molar-refractivity contribution >= 4 is 12.2 Å². The number of aliphatic hydroxyl groups is 1. The predicted molar refractivity (Wildman–Crippen MR) is 75.5 cm³/mol. The predicted octanol–water partition coefficient (Wildman–Crippen LogP) is 2.93. The average Bonchev–Trinajstić information content (AvgIpc) is 2.26. The molecule has 1 rings (SSSR count). The van der Waals surface area contributed by atoms with Crippen molar-refractivity contribution in [1.29, 1.82) is 0 Å². The molecule has 0 bridgehead atoms. The van der Waals surface area contributed by atoms with Gasteiger partial charge in [0.25, 0.3) is 0 Å². The summed E-state index contributed by atoms with van der Waals surface area (Å²) < 4.78 is 5.15. The highest BCUT2D eigenvalue weighted by atomic mass is 16.6. The van der Waals surface area contributed by atoms with Gasteiger partial charge >= 0.3 is 6.09 Å². The van der Waals surface area contributed by atoms with Crippen LogP contribution < -0.4 is 5.32 Å². The third kappa shape index (κ3) is 6.06. The molecule has 0 aliphatic carbocycles. The summed E-state index contributed by atoms with van der Waals surface area (Å²) in [5.41, 5.74) is 0.732. The van der Waals surface area contributed by atoms with Gasteiger partial charge < -0.3 is 9.84 Å². The minimum absolute atomic E-state index is 0.403. The lowest BCUT2D eigenvalue weighted by Gasteiger charge is -2.21. The van der Waals surface area contributed by atoms with Crippen LogP contribution in [0.1, 0.15) is 33.3 Å². The quantitative estimate of drug-likeness (QED) is 0.881. The van der Waals surface area contributed by atoms with Gasteiger partial charge in [0.15, 0.2) is 0 Å². The molecule has 0 fully saturated rings. The SMILES string of the molecule is C[C@H](O)C(=Cc1ccccc1)NC(=O)OC(C)(C)C. The third-order valence-corrected chi connectivity index (χ3v) is 2.22. The number of aliphatic hydroxyl groups excluding tert-OH is 1. The Balaban J connectivity index is 2.80. The number of hydrogen-bond donors (Lipinski definition) is 2. The van der Waals surface area contributed by atoms with E-state index in [1.165, 1.54) is 0 Å². The van der Waals surface area contributed by atoms with E-state index < -0.39 is 17.8 Å². The fourth-order valence-electron chi connectivity index (χ4n) is 1.41. The van der Waals surface area contributed by atoms with Crippen molar-refractivity contribution in [2.75, 3.05) is 0 Å². The van der Waals surface area contributed by atoms with Crippen LogP contribution in [0.25, 0.3) is 6.08 Å². The van der Waals surface area contributed by atoms with E-state index in [1.807, 2.05) is 30.3 Å². The Morgan fingerprint density at radius 2 is 1.89 bits per heavy atom. The Hall–Kier alpha value is -1.81. The molecule has 19 heavy (non-hydrogen) atoms. The monoisotopic (exact) mass is 263 g/mol. The summed E-state index contributed by atoms with van der Waals surface area (Å²) >= 11 is 0. The summed E-state index contributed by atoms with van der Waals surface area (Å²) in [5, 5.41) is 12.3. The van der Waals surface area contributed by atoms with E-state index in [0.717, 1.165) is 5.56 Å². The van der Waals surface area contributed by atoms with Crippen LogP contribution in [0.4, 0.5) is 4.79 Å². The molecule has 1 amide bonds. The van der Waals surface area contributed by atoms with E-state index >= 15 is 0 Å². The Bertz CT molecular complexity index is 444. The number of benzene rings is 1. The van der Waals surface area contributed by atoms with Gasteiger partial charge in [-0.2, -0.15) is 0 Å². The van der Waals surface area contributed by atoms with Gasteiger partial charge in [-0.3, -0.25) is 5.32 Å². The first-order valence-electron chi connectivity index (χ1n) is 6.22. The van der Waals surface area contributed by atoms with Crippen LogP contribution in [0.2, 0.25) is 0 Å². The normalized spacial score (nSPS) is 13.8. The zero-order valence-electron chi connectivity index (χ0n) is 11.8. The molecule has 0 spiro atoms. The zero-order valence-corrected chi connectivity index (χ0v) is 11.8. The van der Waals surface area contributed by atoms with Crippen LogP contribution in [0.3, 0.4) is 0 Å². The second kappa shape index (κ2) is 6.38. The van der Waals surface area contributed by atoms with Crippen molar-refractivity contribution in [3.8, 4) is 0 Å². The second-order valence-corrected chi connectivity index (χ2v) is 5.31. The van der Waals surface area contributed by atoms with Gasteiger partial charge in [0.2, 0.25) is 0 Å². The van der Waals surface area contributed by atoms with Gasteiger partial charge in [0.1, 0.15) is 5.60 Å². The maximum Gasteiger partial charge on any atom is 0.411 e. The molecule has 0 heterocycles. The van der Waals surface area contributed by atoms with Gasteiger partial charge in [-0.1, -0.05) is 30.3 Å². The Morgan fingerprint density at radius 3 is 2.37 bits per heavy atom. The Labute approximate surface area is 114 Å². The summed E-state index contributed by atoms with van der Waals surface area (Å²) in [6.45, 7) is 6.95. The smallest absolute Gasteiger partial charge is 0.411 e. The lowest BCUT2D eigenvalue weighted by Crippen LogP contribution is -2.34. The van der Waals surface area contributed by atoms with Gasteiger partial charge in [0.05, 0.1) is 11.8 Å². The molecule has 1 atom stereocenters. The summed E-state index contributed by atoms with van der Waals surface area (Å²) in [5.74, 6) is 0. The Kier molecular flexibility index (Phi) is 5.12. The van der Waals surface area contributed by atoms with E-state index in [9.17, 15) is 9.90 Å². The second-order valence-electron chi connectivity index (χ2n) is 5.31. The maximum absolute atomic E-state index is 11.7. The molecule has 4 nitrogen and oxygen atoms in total. The highest BCUT2D eigenvalue weighted by molar-refractivity contribution is 5.72. The molecule has 0 radical (unpaired) electrons. The van der Waals surface area contributed by atoms with Crippen molar-refractivity contribution < 1.29 is 14.6 Å². The molecule has 0 unspecified atom stereocenters. The van der Waals surface area contributed by atoms with Crippen LogP contribution in [-0.2, 0) is 4.74 Å². The number of alkyl carbamates (subject to hydrolysis) is 1. The molecule has 0 saturated heterocycles. The largest absolute Gasteiger partial charge is 0.444 e. The molecule has 0 aliphatic heterocycles. The van der Waals surface area contributed by atoms with Crippen molar-refractivity contribution in [3.63, 3.8) is 0 Å². The molecule has 2 N–H and O–H groups in total. The van der Waals surface area contributed by atoms with E-state index in [1.54, 1.807) is 33.8 Å². The summed E-state index contributed by atoms with van der Waals surface area (Å²) in [6, 6.07) is 9.46. The maximum atomic E-state index is 11.7. The van der Waals surface area contributed by atoms with E-state index in [4.69, 9.17) is 4.74 Å². The lowest BCUT2D eigenvalue weighted by molar-refractivity contribution is 0.0530. The van der Waals surface area contributed by atoms with Gasteiger partial charge in [0, 0.05) is 0 Å². The number of hydrogen-bond acceptors (Lipinski definition) is 3. The number of nitrogens with one attached hydrogen (secondary N) is 1. The molecular weight excluding hydrogens is 242 g/mol. The first-order valence-corrected chi connectivity index (χ1v) is 6.22. The summed E-state index contributed by atoms with van der Waals surface area (Å²) in [7, 11) is 0. The standard InChI is InChI=1S/C15H21NO3/c1-11(17)13(10-12-8-6-5-7-9-12)16-14(18)19-15(2,3)4/h5-11,17H,1-4H3,(H,16,18)/t11-/m0/s1. The van der Waals surface area contributed by atoms with E-state index in [0.29, 0.717) is 5.70 Å². The minimum Gasteiger partial charge on any atom is -0.444 e. The number of amides is 1. The van der Waals surface area contributed by atoms with Crippen molar-refractivity contribution in [3.05, 3.63) is 41.6 Å². The highest BCUT2D eigenvalue weighted by Gasteiger charge is 2.18. The molecule has 4 heteroatoms. The third-order valence-electron chi connectivity index (χ3n) is 2.22. The minimum atomic E-state index is -0.785. The molecular formula is C15H21NO3. The number of carbonyl (C=O) groups is 1. The number of ether oxygens (including phenoxy) is 1. The molecule has 1 aromatic carbocycles. The Morgan fingerprint density at radius 1 is 1.32 bits per heavy atom.